The van der Waals surface area contributed by atoms with Gasteiger partial charge in [0.2, 0.25) is 0 Å². The second-order valence-corrected chi connectivity index (χ2v) is 4.38. The average Bonchev–Trinajstić information content (AvgIpc) is 2.54. The van der Waals surface area contributed by atoms with Crippen molar-refractivity contribution >= 4 is 0 Å². The molecule has 1 N–H and O–H groups in total. The SMILES string of the molecule is CCOc1cc(CO)ccc1OCCOc1ccccc1. The highest BCUT2D eigenvalue weighted by molar-refractivity contribution is 5.42. The lowest BCUT2D eigenvalue weighted by atomic mass is 10.2. The molecular weight excluding hydrogens is 268 g/mol. The Bertz CT molecular complexity index is 540. The predicted octanol–water partition coefficient (Wildman–Crippen LogP) is 3.04. The van der Waals surface area contributed by atoms with Crippen molar-refractivity contribution in [3.8, 4) is 17.2 Å². The highest BCUT2D eigenvalue weighted by atomic mass is 16.5. The summed E-state index contributed by atoms with van der Waals surface area (Å²) >= 11 is 0. The van der Waals surface area contributed by atoms with E-state index in [4.69, 9.17) is 19.3 Å². The second kappa shape index (κ2) is 8.17. The van der Waals surface area contributed by atoms with Gasteiger partial charge in [-0.25, -0.2) is 0 Å². The van der Waals surface area contributed by atoms with E-state index in [1.54, 1.807) is 12.1 Å². The highest BCUT2D eigenvalue weighted by Crippen LogP contribution is 2.28. The molecule has 0 heterocycles. The van der Waals surface area contributed by atoms with Crippen molar-refractivity contribution in [3.63, 3.8) is 0 Å². The lowest BCUT2D eigenvalue weighted by Gasteiger charge is -2.13. The largest absolute Gasteiger partial charge is 0.490 e. The topological polar surface area (TPSA) is 47.9 Å². The first-order chi connectivity index (χ1) is 10.3. The van der Waals surface area contributed by atoms with Crippen LogP contribution in [0.5, 0.6) is 17.2 Å². The van der Waals surface area contributed by atoms with E-state index in [9.17, 15) is 0 Å². The van der Waals surface area contributed by atoms with Crippen LogP contribution in [0, 0.1) is 0 Å². The second-order valence-electron chi connectivity index (χ2n) is 4.38. The third kappa shape index (κ3) is 4.68. The summed E-state index contributed by atoms with van der Waals surface area (Å²) in [5, 5.41) is 9.14. The van der Waals surface area contributed by atoms with Crippen LogP contribution < -0.4 is 14.2 Å². The fraction of sp³-hybridized carbons (Fsp3) is 0.294. The summed E-state index contributed by atoms with van der Waals surface area (Å²) in [6.45, 7) is 3.32. The number of ether oxygens (including phenoxy) is 3. The Kier molecular flexibility index (Phi) is 5.91. The fourth-order valence-corrected chi connectivity index (χ4v) is 1.87. The number of rotatable bonds is 8. The van der Waals surface area contributed by atoms with Gasteiger partial charge in [0.15, 0.2) is 11.5 Å². The van der Waals surface area contributed by atoms with E-state index < -0.39 is 0 Å². The molecule has 0 atom stereocenters. The maximum absolute atomic E-state index is 9.14. The van der Waals surface area contributed by atoms with Crippen LogP contribution in [-0.4, -0.2) is 24.9 Å². The third-order valence-corrected chi connectivity index (χ3v) is 2.84. The molecule has 0 aromatic heterocycles. The van der Waals surface area contributed by atoms with Crippen molar-refractivity contribution in [3.05, 3.63) is 54.1 Å². The Balaban J connectivity index is 1.87. The van der Waals surface area contributed by atoms with E-state index in [-0.39, 0.29) is 6.61 Å². The maximum Gasteiger partial charge on any atom is 0.161 e. The molecule has 0 aliphatic carbocycles. The number of hydrogen-bond acceptors (Lipinski definition) is 4. The molecule has 0 fully saturated rings. The van der Waals surface area contributed by atoms with E-state index in [0.717, 1.165) is 11.3 Å². The van der Waals surface area contributed by atoms with Crippen LogP contribution in [0.4, 0.5) is 0 Å². The zero-order valence-electron chi connectivity index (χ0n) is 12.1. The first-order valence-electron chi connectivity index (χ1n) is 7.00. The molecule has 0 aliphatic heterocycles. The van der Waals surface area contributed by atoms with Crippen molar-refractivity contribution < 1.29 is 19.3 Å². The summed E-state index contributed by atoms with van der Waals surface area (Å²) in [6, 6.07) is 15.0. The van der Waals surface area contributed by atoms with Gasteiger partial charge in [-0.3, -0.25) is 0 Å². The van der Waals surface area contributed by atoms with Gasteiger partial charge in [0.1, 0.15) is 19.0 Å². The van der Waals surface area contributed by atoms with Crippen LogP contribution in [-0.2, 0) is 6.61 Å². The van der Waals surface area contributed by atoms with Gasteiger partial charge >= 0.3 is 0 Å². The standard InChI is InChI=1S/C17H20O4/c1-2-19-17-12-14(13-18)8-9-16(17)21-11-10-20-15-6-4-3-5-7-15/h3-9,12,18H,2,10-11,13H2,1H3. The highest BCUT2D eigenvalue weighted by Gasteiger charge is 2.06. The van der Waals surface area contributed by atoms with Crippen LogP contribution in [0.25, 0.3) is 0 Å². The first kappa shape index (κ1) is 15.2. The zero-order chi connectivity index (χ0) is 14.9. The minimum Gasteiger partial charge on any atom is -0.490 e. The predicted molar refractivity (Wildman–Crippen MR) is 81.0 cm³/mol. The van der Waals surface area contributed by atoms with E-state index in [2.05, 4.69) is 0 Å². The number of aliphatic hydroxyl groups is 1. The molecule has 0 saturated carbocycles. The van der Waals surface area contributed by atoms with Crippen molar-refractivity contribution in [2.75, 3.05) is 19.8 Å². The Hall–Kier alpha value is -2.20. The normalized spacial score (nSPS) is 10.2. The minimum absolute atomic E-state index is 0.0164. The van der Waals surface area contributed by atoms with Crippen molar-refractivity contribution in [1.29, 1.82) is 0 Å². The lowest BCUT2D eigenvalue weighted by molar-refractivity contribution is 0.208. The third-order valence-electron chi connectivity index (χ3n) is 2.84. The van der Waals surface area contributed by atoms with Crippen LogP contribution in [0.3, 0.4) is 0 Å². The Morgan fingerprint density at radius 3 is 2.33 bits per heavy atom. The molecule has 4 nitrogen and oxygen atoms in total. The Morgan fingerprint density at radius 2 is 1.62 bits per heavy atom. The molecule has 2 aromatic rings. The summed E-state index contributed by atoms with van der Waals surface area (Å²) in [5.41, 5.74) is 0.798. The number of aliphatic hydroxyl groups excluding tert-OH is 1. The summed E-state index contributed by atoms with van der Waals surface area (Å²) in [5.74, 6) is 2.12. The van der Waals surface area contributed by atoms with Gasteiger partial charge in [0.25, 0.3) is 0 Å². The number of benzene rings is 2. The van der Waals surface area contributed by atoms with Gasteiger partial charge in [-0.05, 0) is 36.8 Å². The molecule has 0 unspecified atom stereocenters. The smallest absolute Gasteiger partial charge is 0.161 e. The molecular formula is C17H20O4. The number of para-hydroxylation sites is 1. The van der Waals surface area contributed by atoms with E-state index >= 15 is 0 Å². The van der Waals surface area contributed by atoms with E-state index in [1.807, 2.05) is 43.3 Å². The summed E-state index contributed by atoms with van der Waals surface area (Å²) < 4.78 is 16.8. The molecule has 0 bridgehead atoms. The molecule has 4 heteroatoms. The molecule has 0 amide bonds. The quantitative estimate of drug-likeness (QED) is 0.758. The van der Waals surface area contributed by atoms with Gasteiger partial charge < -0.3 is 19.3 Å². The summed E-state index contributed by atoms with van der Waals surface area (Å²) in [4.78, 5) is 0. The molecule has 0 aliphatic rings. The fourth-order valence-electron chi connectivity index (χ4n) is 1.87. The van der Waals surface area contributed by atoms with Crippen LogP contribution >= 0.6 is 0 Å². The van der Waals surface area contributed by atoms with Gasteiger partial charge in [0.05, 0.1) is 13.2 Å². The van der Waals surface area contributed by atoms with Crippen LogP contribution in [0.2, 0.25) is 0 Å². The van der Waals surface area contributed by atoms with Crippen molar-refractivity contribution in [2.45, 2.75) is 13.5 Å². The molecule has 2 rings (SSSR count). The van der Waals surface area contributed by atoms with Crippen molar-refractivity contribution in [1.82, 2.24) is 0 Å². The molecule has 0 radical (unpaired) electrons. The van der Waals surface area contributed by atoms with Gasteiger partial charge in [-0.2, -0.15) is 0 Å². The molecule has 0 spiro atoms. The average molecular weight is 288 g/mol. The van der Waals surface area contributed by atoms with E-state index in [1.165, 1.54) is 0 Å². The van der Waals surface area contributed by atoms with Crippen LogP contribution in [0.15, 0.2) is 48.5 Å². The van der Waals surface area contributed by atoms with E-state index in [0.29, 0.717) is 31.3 Å². The van der Waals surface area contributed by atoms with Gasteiger partial charge in [0, 0.05) is 0 Å². The molecule has 0 saturated heterocycles. The van der Waals surface area contributed by atoms with Crippen LogP contribution in [0.1, 0.15) is 12.5 Å². The van der Waals surface area contributed by atoms with Gasteiger partial charge in [-0.15, -0.1) is 0 Å². The molecule has 112 valence electrons. The molecule has 2 aromatic carbocycles. The van der Waals surface area contributed by atoms with Crippen molar-refractivity contribution in [2.24, 2.45) is 0 Å². The summed E-state index contributed by atoms with van der Waals surface area (Å²) in [7, 11) is 0. The minimum atomic E-state index is -0.0164. The monoisotopic (exact) mass is 288 g/mol. The lowest BCUT2D eigenvalue weighted by Crippen LogP contribution is -2.10. The zero-order valence-corrected chi connectivity index (χ0v) is 12.1. The number of hydrogen-bond donors (Lipinski definition) is 1. The maximum atomic E-state index is 9.14. The summed E-state index contributed by atoms with van der Waals surface area (Å²) in [6.07, 6.45) is 0. The first-order valence-corrected chi connectivity index (χ1v) is 7.00. The Morgan fingerprint density at radius 1 is 0.857 bits per heavy atom. The Labute approximate surface area is 124 Å². The molecule has 21 heavy (non-hydrogen) atoms. The van der Waals surface area contributed by atoms with Gasteiger partial charge in [-0.1, -0.05) is 24.3 Å².